The van der Waals surface area contributed by atoms with Crippen LogP contribution in [0.5, 0.6) is 0 Å². The summed E-state index contributed by atoms with van der Waals surface area (Å²) in [5.41, 5.74) is 2.95. The third-order valence-corrected chi connectivity index (χ3v) is 9.47. The first-order valence-electron chi connectivity index (χ1n) is 13.4. The van der Waals surface area contributed by atoms with E-state index in [1.54, 1.807) is 23.5 Å². The quantitative estimate of drug-likeness (QED) is 0.375. The summed E-state index contributed by atoms with van der Waals surface area (Å²) in [6.07, 6.45) is 9.17. The van der Waals surface area contributed by atoms with Crippen LogP contribution < -0.4 is 10.2 Å². The molecule has 2 aliphatic carbocycles. The standard InChI is InChI=1S/C19H17FN2S2.C11H16N2O/c20-16-5-1-15(2-6-16)19-21-13-18(24-19)14-3-7-17(8-4-14)22-9-11-23-12-10-22;12-8-11(6-7-11)13-10(14)9-4-2-1-3-5-9/h1-8,13H,9-12H2;9H,1-7H2,(H,13,14). The summed E-state index contributed by atoms with van der Waals surface area (Å²) >= 11 is 3.66. The zero-order valence-corrected chi connectivity index (χ0v) is 23.1. The van der Waals surface area contributed by atoms with E-state index in [9.17, 15) is 9.18 Å². The molecule has 2 saturated carbocycles. The molecule has 0 unspecified atom stereocenters. The molecule has 5 nitrogen and oxygen atoms in total. The van der Waals surface area contributed by atoms with E-state index in [0.717, 1.165) is 67.1 Å². The number of rotatable bonds is 5. The molecule has 1 aliphatic heterocycles. The van der Waals surface area contributed by atoms with Crippen LogP contribution in [0.25, 0.3) is 21.0 Å². The average Bonchev–Trinajstić information content (AvgIpc) is 3.58. The van der Waals surface area contributed by atoms with Crippen LogP contribution in [-0.4, -0.2) is 41.0 Å². The van der Waals surface area contributed by atoms with Crippen molar-refractivity contribution >= 4 is 34.7 Å². The van der Waals surface area contributed by atoms with Crippen LogP contribution in [0, 0.1) is 23.1 Å². The van der Waals surface area contributed by atoms with Crippen molar-refractivity contribution in [2.45, 2.75) is 50.5 Å². The van der Waals surface area contributed by atoms with Gasteiger partial charge in [-0.2, -0.15) is 17.0 Å². The van der Waals surface area contributed by atoms with Crippen LogP contribution in [0.2, 0.25) is 0 Å². The summed E-state index contributed by atoms with van der Waals surface area (Å²) in [4.78, 5) is 19.8. The molecule has 3 aliphatic rings. The highest BCUT2D eigenvalue weighted by Gasteiger charge is 2.45. The molecule has 1 N–H and O–H groups in total. The number of thioether (sulfide) groups is 1. The first-order valence-corrected chi connectivity index (χ1v) is 15.4. The topological polar surface area (TPSA) is 69.0 Å². The van der Waals surface area contributed by atoms with E-state index in [-0.39, 0.29) is 17.6 Å². The number of hydrogen-bond donors (Lipinski definition) is 1. The SMILES string of the molecule is Fc1ccc(-c2ncc(-c3ccc(N4CCSCC4)cc3)s2)cc1.N#CC1(NC(=O)C2CCCCC2)CC1. The number of nitrogens with zero attached hydrogens (tertiary/aromatic N) is 3. The average molecular weight is 549 g/mol. The highest BCUT2D eigenvalue weighted by molar-refractivity contribution is 7.99. The Hall–Kier alpha value is -2.89. The number of amides is 1. The fourth-order valence-electron chi connectivity index (χ4n) is 4.88. The minimum atomic E-state index is -0.478. The molecule has 198 valence electrons. The number of nitriles is 1. The zero-order valence-electron chi connectivity index (χ0n) is 21.5. The van der Waals surface area contributed by atoms with E-state index in [1.165, 1.54) is 41.3 Å². The van der Waals surface area contributed by atoms with Crippen molar-refractivity contribution in [3.05, 3.63) is 60.5 Å². The summed E-state index contributed by atoms with van der Waals surface area (Å²) in [7, 11) is 0. The van der Waals surface area contributed by atoms with Crippen LogP contribution in [0.4, 0.5) is 10.1 Å². The van der Waals surface area contributed by atoms with E-state index >= 15 is 0 Å². The molecule has 0 spiro atoms. The van der Waals surface area contributed by atoms with E-state index in [1.807, 2.05) is 18.0 Å². The predicted molar refractivity (Wildman–Crippen MR) is 155 cm³/mol. The second kappa shape index (κ2) is 12.3. The largest absolute Gasteiger partial charge is 0.370 e. The van der Waals surface area contributed by atoms with Crippen LogP contribution in [0.1, 0.15) is 44.9 Å². The molecule has 0 bridgehead atoms. The smallest absolute Gasteiger partial charge is 0.224 e. The van der Waals surface area contributed by atoms with Crippen molar-refractivity contribution in [1.29, 1.82) is 5.26 Å². The molecular weight excluding hydrogens is 515 g/mol. The van der Waals surface area contributed by atoms with Crippen molar-refractivity contribution in [3.63, 3.8) is 0 Å². The van der Waals surface area contributed by atoms with Crippen LogP contribution >= 0.6 is 23.1 Å². The molecule has 1 saturated heterocycles. The molecule has 2 aromatic carbocycles. The fraction of sp³-hybridized carbons (Fsp3) is 0.433. The highest BCUT2D eigenvalue weighted by Crippen LogP contribution is 2.36. The number of nitrogens with one attached hydrogen (secondary N) is 1. The van der Waals surface area contributed by atoms with Gasteiger partial charge in [0.1, 0.15) is 16.4 Å². The summed E-state index contributed by atoms with van der Waals surface area (Å²) in [6.45, 7) is 2.25. The number of carbonyl (C=O) groups excluding carboxylic acids is 1. The number of thiazole rings is 1. The minimum Gasteiger partial charge on any atom is -0.370 e. The van der Waals surface area contributed by atoms with Gasteiger partial charge < -0.3 is 10.2 Å². The summed E-state index contributed by atoms with van der Waals surface area (Å²) in [6, 6.07) is 17.4. The molecule has 0 radical (unpaired) electrons. The highest BCUT2D eigenvalue weighted by atomic mass is 32.2. The van der Waals surface area contributed by atoms with E-state index in [4.69, 9.17) is 5.26 Å². The molecule has 2 heterocycles. The van der Waals surface area contributed by atoms with Crippen LogP contribution in [-0.2, 0) is 4.79 Å². The van der Waals surface area contributed by atoms with Gasteiger partial charge in [0, 0.05) is 48.0 Å². The fourth-order valence-corrected chi connectivity index (χ4v) is 6.71. The van der Waals surface area contributed by atoms with Crippen molar-refractivity contribution in [2.75, 3.05) is 29.5 Å². The number of aromatic nitrogens is 1. The first-order chi connectivity index (χ1) is 18.5. The lowest BCUT2D eigenvalue weighted by atomic mass is 9.88. The number of anilines is 1. The van der Waals surface area contributed by atoms with E-state index in [2.05, 4.69) is 45.5 Å². The van der Waals surface area contributed by atoms with Gasteiger partial charge in [0.25, 0.3) is 0 Å². The zero-order chi connectivity index (χ0) is 26.4. The molecule has 8 heteroatoms. The van der Waals surface area contributed by atoms with Crippen LogP contribution in [0.3, 0.4) is 0 Å². The van der Waals surface area contributed by atoms with Gasteiger partial charge in [-0.05, 0) is 67.6 Å². The lowest BCUT2D eigenvalue weighted by Crippen LogP contribution is -2.40. The molecule has 1 amide bonds. The Morgan fingerprint density at radius 3 is 2.29 bits per heavy atom. The van der Waals surface area contributed by atoms with Crippen molar-refractivity contribution in [1.82, 2.24) is 10.3 Å². The Morgan fingerprint density at radius 1 is 1.00 bits per heavy atom. The molecule has 38 heavy (non-hydrogen) atoms. The predicted octanol–water partition coefficient (Wildman–Crippen LogP) is 6.91. The lowest BCUT2D eigenvalue weighted by Gasteiger charge is -2.28. The molecule has 3 fully saturated rings. The number of benzene rings is 2. The Bertz CT molecular complexity index is 1250. The van der Waals surface area contributed by atoms with Crippen molar-refractivity contribution in [3.8, 4) is 27.1 Å². The van der Waals surface area contributed by atoms with Gasteiger partial charge in [-0.1, -0.05) is 31.4 Å². The van der Waals surface area contributed by atoms with Gasteiger partial charge in [0.2, 0.25) is 5.91 Å². The first kappa shape index (κ1) is 26.7. The molecule has 6 rings (SSSR count). The molecule has 1 aromatic heterocycles. The van der Waals surface area contributed by atoms with Gasteiger partial charge in [0.05, 0.1) is 10.9 Å². The molecular formula is C30H33FN4OS2. The normalized spacial score (nSPS) is 18.6. The maximum Gasteiger partial charge on any atom is 0.224 e. The molecule has 0 atom stereocenters. The Labute approximate surface area is 232 Å². The minimum absolute atomic E-state index is 0.115. The Balaban J connectivity index is 0.000000179. The van der Waals surface area contributed by atoms with E-state index < -0.39 is 5.54 Å². The van der Waals surface area contributed by atoms with Crippen molar-refractivity contribution in [2.24, 2.45) is 5.92 Å². The maximum absolute atomic E-state index is 13.0. The van der Waals surface area contributed by atoms with Crippen LogP contribution in [0.15, 0.2) is 54.7 Å². The van der Waals surface area contributed by atoms with Gasteiger partial charge >= 0.3 is 0 Å². The number of carbonyl (C=O) groups is 1. The number of hydrogen-bond acceptors (Lipinski definition) is 6. The van der Waals surface area contributed by atoms with Gasteiger partial charge in [-0.25, -0.2) is 9.37 Å². The Kier molecular flexibility index (Phi) is 8.65. The summed E-state index contributed by atoms with van der Waals surface area (Å²) in [5, 5.41) is 12.6. The summed E-state index contributed by atoms with van der Waals surface area (Å²) < 4.78 is 13.0. The lowest BCUT2D eigenvalue weighted by molar-refractivity contribution is -0.126. The third-order valence-electron chi connectivity index (χ3n) is 7.43. The van der Waals surface area contributed by atoms with Gasteiger partial charge in [0.15, 0.2) is 0 Å². The Morgan fingerprint density at radius 2 is 1.66 bits per heavy atom. The van der Waals surface area contributed by atoms with Gasteiger partial charge in [-0.3, -0.25) is 4.79 Å². The van der Waals surface area contributed by atoms with E-state index in [0.29, 0.717) is 0 Å². The monoisotopic (exact) mass is 548 g/mol. The third kappa shape index (κ3) is 6.75. The van der Waals surface area contributed by atoms with Crippen molar-refractivity contribution < 1.29 is 9.18 Å². The summed E-state index contributed by atoms with van der Waals surface area (Å²) in [5.74, 6) is 2.48. The second-order valence-electron chi connectivity index (χ2n) is 10.2. The van der Waals surface area contributed by atoms with Gasteiger partial charge in [-0.15, -0.1) is 11.3 Å². The number of halogens is 1. The molecule has 3 aromatic rings. The second-order valence-corrected chi connectivity index (χ2v) is 12.5. The maximum atomic E-state index is 13.0.